The molecule has 0 radical (unpaired) electrons. The van der Waals surface area contributed by atoms with Crippen LogP contribution in [0, 0.1) is 0 Å². The Hall–Kier alpha value is -2.87. The Morgan fingerprint density at radius 2 is 1.81 bits per heavy atom. The highest BCUT2D eigenvalue weighted by atomic mass is 35.5. The van der Waals surface area contributed by atoms with Crippen molar-refractivity contribution >= 4 is 35.2 Å². The summed E-state index contributed by atoms with van der Waals surface area (Å²) in [5.41, 5.74) is -0.123. The van der Waals surface area contributed by atoms with Crippen LogP contribution in [0.2, 0.25) is 10.0 Å². The topological polar surface area (TPSA) is 59.4 Å². The molecule has 0 aliphatic heterocycles. The molecule has 0 saturated carbocycles. The molecule has 0 amide bonds. The molecule has 0 bridgehead atoms. The van der Waals surface area contributed by atoms with Crippen LogP contribution in [0.3, 0.4) is 0 Å². The fourth-order valence-corrected chi connectivity index (χ4v) is 3.42. The number of nitrogens with zero attached hydrogens (tertiary/aromatic N) is 1. The number of hydrogen-bond donors (Lipinski definition) is 1. The first-order chi connectivity index (χ1) is 15.1. The molecule has 1 unspecified atom stereocenters. The van der Waals surface area contributed by atoms with Crippen LogP contribution in [0.4, 0.5) is 13.2 Å². The summed E-state index contributed by atoms with van der Waals surface area (Å²) in [6, 6.07) is 12.2. The maximum Gasteiger partial charge on any atom is 0.416 e. The summed E-state index contributed by atoms with van der Waals surface area (Å²) in [4.78, 5) is 16.7. The Morgan fingerprint density at radius 3 is 2.44 bits per heavy atom. The fraction of sp³-hybridized carbons (Fsp3) is 0.130. The number of aromatic nitrogens is 1. The summed E-state index contributed by atoms with van der Waals surface area (Å²) in [7, 11) is 0. The average molecular weight is 482 g/mol. The number of carbonyl (C=O) groups excluding carboxylic acids is 1. The molecule has 0 saturated heterocycles. The van der Waals surface area contributed by atoms with Crippen LogP contribution in [0.1, 0.15) is 28.4 Å². The lowest BCUT2D eigenvalue weighted by atomic mass is 10.0. The summed E-state index contributed by atoms with van der Waals surface area (Å²) in [5.74, 6) is -0.921. The molecule has 1 N–H and O–H groups in total. The van der Waals surface area contributed by atoms with Gasteiger partial charge in [0.25, 0.3) is 0 Å². The average Bonchev–Trinajstić information content (AvgIpc) is 2.75. The molecular weight excluding hydrogens is 466 g/mol. The number of benzene rings is 2. The standard InChI is InChI=1S/C23H16Cl2F3NO3/c24-18-8-15(9-19(25)11-18)10-20(21(30)16-4-2-6-29-12-16)22(31)32-13-14-3-1-5-17(7-14)23(26,27)28/h1-12,21,30H,13H2. The Labute approximate surface area is 191 Å². The first-order valence-electron chi connectivity index (χ1n) is 9.22. The van der Waals surface area contributed by atoms with E-state index in [2.05, 4.69) is 4.98 Å². The van der Waals surface area contributed by atoms with Crippen molar-refractivity contribution < 1.29 is 27.8 Å². The molecule has 0 fully saturated rings. The molecule has 4 nitrogen and oxygen atoms in total. The number of alkyl halides is 3. The molecule has 1 aromatic heterocycles. The van der Waals surface area contributed by atoms with Gasteiger partial charge in [-0.05, 0) is 53.6 Å². The zero-order chi connectivity index (χ0) is 23.3. The molecule has 3 rings (SSSR count). The number of esters is 1. The van der Waals surface area contributed by atoms with Crippen molar-refractivity contribution in [1.29, 1.82) is 0 Å². The second kappa shape index (κ2) is 10.2. The monoisotopic (exact) mass is 481 g/mol. The van der Waals surface area contributed by atoms with Crippen LogP contribution in [0.5, 0.6) is 0 Å². The molecule has 9 heteroatoms. The summed E-state index contributed by atoms with van der Waals surface area (Å²) in [6.07, 6.45) is -1.70. The van der Waals surface area contributed by atoms with Gasteiger partial charge in [0, 0.05) is 28.0 Å². The van der Waals surface area contributed by atoms with Crippen LogP contribution in [-0.4, -0.2) is 16.1 Å². The molecule has 166 valence electrons. The predicted octanol–water partition coefficient (Wildman–Crippen LogP) is 6.27. The maximum absolute atomic E-state index is 12.9. The predicted molar refractivity (Wildman–Crippen MR) is 115 cm³/mol. The fourth-order valence-electron chi connectivity index (χ4n) is 2.87. The van der Waals surface area contributed by atoms with Gasteiger partial charge in [0.05, 0.1) is 11.1 Å². The second-order valence-electron chi connectivity index (χ2n) is 6.77. The molecule has 0 aliphatic rings. The molecule has 2 aromatic carbocycles. The number of ether oxygens (including phenoxy) is 1. The molecule has 0 aliphatic carbocycles. The van der Waals surface area contributed by atoms with Crippen LogP contribution in [0.25, 0.3) is 6.08 Å². The van der Waals surface area contributed by atoms with Gasteiger partial charge in [0.15, 0.2) is 0 Å². The SMILES string of the molecule is O=C(OCc1cccc(C(F)(F)F)c1)C(=Cc1cc(Cl)cc(Cl)c1)C(O)c1cccnc1. The number of rotatable bonds is 6. The van der Waals surface area contributed by atoms with Crippen molar-refractivity contribution in [2.24, 2.45) is 0 Å². The van der Waals surface area contributed by atoms with E-state index in [1.54, 1.807) is 12.1 Å². The minimum absolute atomic E-state index is 0.147. The zero-order valence-corrected chi connectivity index (χ0v) is 17.8. The van der Waals surface area contributed by atoms with E-state index in [4.69, 9.17) is 27.9 Å². The number of halogens is 5. The summed E-state index contributed by atoms with van der Waals surface area (Å²) in [6.45, 7) is -0.420. The Balaban J connectivity index is 1.89. The largest absolute Gasteiger partial charge is 0.457 e. The van der Waals surface area contributed by atoms with Crippen molar-refractivity contribution in [1.82, 2.24) is 4.98 Å². The van der Waals surface area contributed by atoms with Gasteiger partial charge in [0.2, 0.25) is 0 Å². The van der Waals surface area contributed by atoms with Crippen LogP contribution >= 0.6 is 23.2 Å². The lowest BCUT2D eigenvalue weighted by Gasteiger charge is -2.15. The minimum Gasteiger partial charge on any atom is -0.457 e. The van der Waals surface area contributed by atoms with E-state index in [1.165, 1.54) is 48.8 Å². The number of carbonyl (C=O) groups is 1. The molecule has 1 heterocycles. The van der Waals surface area contributed by atoms with Crippen LogP contribution < -0.4 is 0 Å². The van der Waals surface area contributed by atoms with E-state index in [9.17, 15) is 23.1 Å². The van der Waals surface area contributed by atoms with Gasteiger partial charge < -0.3 is 9.84 Å². The van der Waals surface area contributed by atoms with Crippen LogP contribution in [-0.2, 0) is 22.3 Å². The van der Waals surface area contributed by atoms with Gasteiger partial charge in [-0.25, -0.2) is 4.79 Å². The number of hydrogen-bond acceptors (Lipinski definition) is 4. The third kappa shape index (κ3) is 6.32. The van der Waals surface area contributed by atoms with Crippen molar-refractivity contribution in [3.63, 3.8) is 0 Å². The van der Waals surface area contributed by atoms with Crippen molar-refractivity contribution in [2.75, 3.05) is 0 Å². The summed E-state index contributed by atoms with van der Waals surface area (Å²) >= 11 is 12.0. The second-order valence-corrected chi connectivity index (χ2v) is 7.64. The van der Waals surface area contributed by atoms with E-state index < -0.39 is 30.4 Å². The van der Waals surface area contributed by atoms with Gasteiger partial charge in [-0.15, -0.1) is 0 Å². The van der Waals surface area contributed by atoms with E-state index >= 15 is 0 Å². The van der Waals surface area contributed by atoms with Gasteiger partial charge in [-0.3, -0.25) is 4.98 Å². The Kier molecular flexibility index (Phi) is 7.56. The zero-order valence-electron chi connectivity index (χ0n) is 16.3. The number of aliphatic hydroxyl groups excluding tert-OH is 1. The van der Waals surface area contributed by atoms with E-state index in [0.717, 1.165) is 12.1 Å². The normalized spacial score (nSPS) is 13.0. The van der Waals surface area contributed by atoms with E-state index in [-0.39, 0.29) is 11.1 Å². The first kappa shape index (κ1) is 23.8. The van der Waals surface area contributed by atoms with Gasteiger partial charge in [0.1, 0.15) is 12.7 Å². The van der Waals surface area contributed by atoms with E-state index in [1.807, 2.05) is 0 Å². The third-order valence-electron chi connectivity index (χ3n) is 4.36. The van der Waals surface area contributed by atoms with Gasteiger partial charge >= 0.3 is 12.1 Å². The highest BCUT2D eigenvalue weighted by Gasteiger charge is 2.30. The Bertz CT molecular complexity index is 1110. The molecule has 32 heavy (non-hydrogen) atoms. The molecule has 0 spiro atoms. The highest BCUT2D eigenvalue weighted by Crippen LogP contribution is 2.30. The van der Waals surface area contributed by atoms with Gasteiger partial charge in [-0.2, -0.15) is 13.2 Å². The smallest absolute Gasteiger partial charge is 0.416 e. The number of aliphatic hydroxyl groups is 1. The maximum atomic E-state index is 12.9. The van der Waals surface area contributed by atoms with Crippen molar-refractivity contribution in [3.05, 3.63) is 105 Å². The van der Waals surface area contributed by atoms with E-state index in [0.29, 0.717) is 21.2 Å². The third-order valence-corrected chi connectivity index (χ3v) is 4.80. The van der Waals surface area contributed by atoms with Gasteiger partial charge in [-0.1, -0.05) is 41.4 Å². The van der Waals surface area contributed by atoms with Crippen LogP contribution in [0.15, 0.2) is 72.6 Å². The first-order valence-corrected chi connectivity index (χ1v) is 9.98. The van der Waals surface area contributed by atoms with Crippen molar-refractivity contribution in [2.45, 2.75) is 18.9 Å². The Morgan fingerprint density at radius 1 is 1.09 bits per heavy atom. The summed E-state index contributed by atoms with van der Waals surface area (Å²) < 4.78 is 44.0. The molecule has 1 atom stereocenters. The summed E-state index contributed by atoms with van der Waals surface area (Å²) in [5, 5.41) is 11.4. The lowest BCUT2D eigenvalue weighted by Crippen LogP contribution is -2.15. The quantitative estimate of drug-likeness (QED) is 0.333. The number of pyridine rings is 1. The molecule has 3 aromatic rings. The highest BCUT2D eigenvalue weighted by molar-refractivity contribution is 6.34. The minimum atomic E-state index is -4.52. The molecular formula is C23H16Cl2F3NO3. The van der Waals surface area contributed by atoms with Crippen molar-refractivity contribution in [3.8, 4) is 0 Å². The lowest BCUT2D eigenvalue weighted by molar-refractivity contribution is -0.141.